The van der Waals surface area contributed by atoms with Crippen molar-refractivity contribution in [3.8, 4) is 10.4 Å². The summed E-state index contributed by atoms with van der Waals surface area (Å²) in [5.74, 6) is -0.333. The molecule has 5 nitrogen and oxygen atoms in total. The first-order chi connectivity index (χ1) is 13.4. The topological polar surface area (TPSA) is 59.3 Å². The van der Waals surface area contributed by atoms with Gasteiger partial charge in [0, 0.05) is 31.3 Å². The highest BCUT2D eigenvalue weighted by molar-refractivity contribution is 7.20. The second-order valence-corrected chi connectivity index (χ2v) is 7.04. The molecule has 0 fully saturated rings. The number of hydrogen-bond acceptors (Lipinski definition) is 4. The van der Waals surface area contributed by atoms with E-state index in [0.29, 0.717) is 21.9 Å². The molecule has 3 heterocycles. The molecule has 0 aliphatic rings. The molecular weight excluding hydrogens is 389 g/mol. The van der Waals surface area contributed by atoms with E-state index < -0.39 is 11.7 Å². The first-order valence-electron chi connectivity index (χ1n) is 8.23. The summed E-state index contributed by atoms with van der Waals surface area (Å²) in [6.45, 7) is 0.327. The van der Waals surface area contributed by atoms with Crippen LogP contribution in [0.25, 0.3) is 15.4 Å². The van der Waals surface area contributed by atoms with Crippen LogP contribution in [0.4, 0.5) is 13.2 Å². The lowest BCUT2D eigenvalue weighted by Crippen LogP contribution is -2.23. The molecule has 1 N–H and O–H groups in total. The van der Waals surface area contributed by atoms with E-state index in [2.05, 4.69) is 15.3 Å². The molecule has 28 heavy (non-hydrogen) atoms. The van der Waals surface area contributed by atoms with Crippen LogP contribution in [0.1, 0.15) is 21.6 Å². The third-order valence-corrected chi connectivity index (χ3v) is 5.08. The number of nitrogens with zero attached hydrogens (tertiary/aromatic N) is 3. The minimum atomic E-state index is -4.40. The molecule has 0 atom stereocenters. The predicted molar refractivity (Wildman–Crippen MR) is 98.9 cm³/mol. The average Bonchev–Trinajstić information content (AvgIpc) is 3.26. The fraction of sp³-hybridized carbons (Fsp3) is 0.105. The molecule has 0 aliphatic heterocycles. The molecule has 0 bridgehead atoms. The second kappa shape index (κ2) is 7.08. The Bertz CT molecular complexity index is 1100. The normalized spacial score (nSPS) is 11.7. The van der Waals surface area contributed by atoms with E-state index >= 15 is 0 Å². The molecule has 4 rings (SSSR count). The van der Waals surface area contributed by atoms with Crippen molar-refractivity contribution < 1.29 is 18.0 Å². The maximum Gasteiger partial charge on any atom is 0.416 e. The number of thiazole rings is 1. The van der Waals surface area contributed by atoms with E-state index in [0.717, 1.165) is 17.7 Å². The number of amides is 1. The Hall–Kier alpha value is -3.20. The standard InChI is InChI=1S/C19H13F3N4OS/c20-19(21,22)14-5-1-4-13(7-14)16-11-26-10-15(25-18(26)28-16)17(27)24-9-12-3-2-6-23-8-12/h1-8,10-11H,9H2,(H,24,27). The number of carbonyl (C=O) groups is 1. The van der Waals surface area contributed by atoms with Crippen LogP contribution in [0, 0.1) is 0 Å². The van der Waals surface area contributed by atoms with Gasteiger partial charge in [-0.15, -0.1) is 0 Å². The summed E-state index contributed by atoms with van der Waals surface area (Å²) in [6.07, 6.45) is 2.14. The molecule has 1 aromatic carbocycles. The molecule has 0 unspecified atom stereocenters. The SMILES string of the molecule is O=C(NCc1cccnc1)c1cn2cc(-c3cccc(C(F)(F)F)c3)sc2n1. The summed E-state index contributed by atoms with van der Waals surface area (Å²) in [7, 11) is 0. The Morgan fingerprint density at radius 1 is 1.18 bits per heavy atom. The molecule has 4 aromatic rings. The summed E-state index contributed by atoms with van der Waals surface area (Å²) in [6, 6.07) is 8.75. The average molecular weight is 402 g/mol. The van der Waals surface area contributed by atoms with Gasteiger partial charge in [-0.3, -0.25) is 14.2 Å². The lowest BCUT2D eigenvalue weighted by Gasteiger charge is -2.07. The van der Waals surface area contributed by atoms with Gasteiger partial charge in [-0.05, 0) is 29.3 Å². The fourth-order valence-corrected chi connectivity index (χ4v) is 3.63. The van der Waals surface area contributed by atoms with E-state index in [9.17, 15) is 18.0 Å². The smallest absolute Gasteiger partial charge is 0.347 e. The fourth-order valence-electron chi connectivity index (χ4n) is 2.66. The van der Waals surface area contributed by atoms with Gasteiger partial charge < -0.3 is 5.32 Å². The summed E-state index contributed by atoms with van der Waals surface area (Å²) >= 11 is 1.22. The zero-order valence-electron chi connectivity index (χ0n) is 14.3. The van der Waals surface area contributed by atoms with Crippen LogP contribution in [0.5, 0.6) is 0 Å². The maximum absolute atomic E-state index is 12.9. The van der Waals surface area contributed by atoms with Gasteiger partial charge in [-0.25, -0.2) is 4.98 Å². The third-order valence-electron chi connectivity index (χ3n) is 4.04. The number of aromatic nitrogens is 3. The van der Waals surface area contributed by atoms with Crippen LogP contribution >= 0.6 is 11.3 Å². The highest BCUT2D eigenvalue weighted by Crippen LogP contribution is 2.34. The Morgan fingerprint density at radius 3 is 2.75 bits per heavy atom. The summed E-state index contributed by atoms with van der Waals surface area (Å²) < 4.78 is 40.3. The number of carbonyl (C=O) groups excluding carboxylic acids is 1. The van der Waals surface area contributed by atoms with Crippen LogP contribution in [0.15, 0.2) is 61.2 Å². The minimum Gasteiger partial charge on any atom is -0.347 e. The first kappa shape index (κ1) is 18.2. The Labute approximate surface area is 161 Å². The second-order valence-electron chi connectivity index (χ2n) is 6.03. The van der Waals surface area contributed by atoms with Gasteiger partial charge in [-0.2, -0.15) is 13.2 Å². The van der Waals surface area contributed by atoms with Crippen LogP contribution < -0.4 is 5.32 Å². The zero-order valence-corrected chi connectivity index (χ0v) is 15.1. The molecule has 0 spiro atoms. The van der Waals surface area contributed by atoms with Gasteiger partial charge in [0.05, 0.1) is 10.4 Å². The Morgan fingerprint density at radius 2 is 2.04 bits per heavy atom. The van der Waals surface area contributed by atoms with Crippen LogP contribution in [0.2, 0.25) is 0 Å². The van der Waals surface area contributed by atoms with E-state index in [4.69, 9.17) is 0 Å². The van der Waals surface area contributed by atoms with Crippen molar-refractivity contribution in [3.63, 3.8) is 0 Å². The highest BCUT2D eigenvalue weighted by Gasteiger charge is 2.30. The van der Waals surface area contributed by atoms with E-state index in [1.807, 2.05) is 6.07 Å². The number of alkyl halides is 3. The number of rotatable bonds is 4. The predicted octanol–water partition coefficient (Wildman–Crippen LogP) is 4.41. The summed E-state index contributed by atoms with van der Waals surface area (Å²) in [5.41, 5.74) is 0.855. The van der Waals surface area contributed by atoms with Crippen molar-refractivity contribution in [3.05, 3.63) is 78.0 Å². The summed E-state index contributed by atoms with van der Waals surface area (Å²) in [4.78, 5) is 21.7. The monoisotopic (exact) mass is 402 g/mol. The van der Waals surface area contributed by atoms with Gasteiger partial charge in [0.15, 0.2) is 4.96 Å². The number of hydrogen-bond donors (Lipinski definition) is 1. The molecule has 9 heteroatoms. The highest BCUT2D eigenvalue weighted by atomic mass is 32.1. The lowest BCUT2D eigenvalue weighted by molar-refractivity contribution is -0.137. The lowest BCUT2D eigenvalue weighted by atomic mass is 10.1. The Balaban J connectivity index is 1.53. The van der Waals surface area contributed by atoms with Crippen molar-refractivity contribution in [1.29, 1.82) is 0 Å². The maximum atomic E-state index is 12.9. The van der Waals surface area contributed by atoms with E-state index in [-0.39, 0.29) is 11.6 Å². The van der Waals surface area contributed by atoms with Gasteiger partial charge in [0.2, 0.25) is 0 Å². The van der Waals surface area contributed by atoms with Crippen LogP contribution in [-0.4, -0.2) is 20.3 Å². The number of pyridine rings is 1. The van der Waals surface area contributed by atoms with Crippen molar-refractivity contribution in [2.24, 2.45) is 0 Å². The molecular formula is C19H13F3N4OS. The number of nitrogens with one attached hydrogen (secondary N) is 1. The van der Waals surface area contributed by atoms with Crippen molar-refractivity contribution in [2.75, 3.05) is 0 Å². The van der Waals surface area contributed by atoms with Crippen molar-refractivity contribution in [1.82, 2.24) is 19.7 Å². The first-order valence-corrected chi connectivity index (χ1v) is 9.05. The molecule has 0 aliphatic carbocycles. The summed E-state index contributed by atoms with van der Waals surface area (Å²) in [5, 5.41) is 2.76. The van der Waals surface area contributed by atoms with Gasteiger partial charge in [0.1, 0.15) is 5.69 Å². The molecule has 0 saturated carbocycles. The van der Waals surface area contributed by atoms with Gasteiger partial charge in [-0.1, -0.05) is 29.5 Å². The number of fused-ring (bicyclic) bond motifs is 1. The zero-order chi connectivity index (χ0) is 19.7. The van der Waals surface area contributed by atoms with E-state index in [1.165, 1.54) is 17.4 Å². The van der Waals surface area contributed by atoms with E-state index in [1.54, 1.807) is 41.3 Å². The minimum absolute atomic E-state index is 0.241. The molecule has 0 radical (unpaired) electrons. The molecule has 142 valence electrons. The molecule has 1 amide bonds. The molecule has 3 aromatic heterocycles. The van der Waals surface area contributed by atoms with Gasteiger partial charge in [0.25, 0.3) is 5.91 Å². The number of benzene rings is 1. The Kier molecular flexibility index (Phi) is 4.60. The number of imidazole rings is 1. The largest absolute Gasteiger partial charge is 0.416 e. The third kappa shape index (κ3) is 3.74. The van der Waals surface area contributed by atoms with Crippen molar-refractivity contribution >= 4 is 22.2 Å². The van der Waals surface area contributed by atoms with Crippen LogP contribution in [-0.2, 0) is 12.7 Å². The molecule has 0 saturated heterocycles. The van der Waals surface area contributed by atoms with Crippen molar-refractivity contribution in [2.45, 2.75) is 12.7 Å². The quantitative estimate of drug-likeness (QED) is 0.550. The van der Waals surface area contributed by atoms with Crippen LogP contribution in [0.3, 0.4) is 0 Å². The van der Waals surface area contributed by atoms with Gasteiger partial charge >= 0.3 is 6.18 Å². The number of halogens is 3.